The Labute approximate surface area is 229 Å². The van der Waals surface area contributed by atoms with Gasteiger partial charge in [-0.2, -0.15) is 0 Å². The average Bonchev–Trinajstić information content (AvgIpc) is 2.96. The lowest BCUT2D eigenvalue weighted by molar-refractivity contribution is -0.139. The Morgan fingerprint density at radius 3 is 2.08 bits per heavy atom. The first kappa shape index (κ1) is 27.7. The van der Waals surface area contributed by atoms with E-state index in [-0.39, 0.29) is 18.4 Å². The molecule has 3 aromatic carbocycles. The van der Waals surface area contributed by atoms with E-state index in [4.69, 9.17) is 4.74 Å². The molecule has 1 fully saturated rings. The van der Waals surface area contributed by atoms with Gasteiger partial charge in [0.2, 0.25) is 5.91 Å². The van der Waals surface area contributed by atoms with E-state index in [2.05, 4.69) is 10.6 Å². The fourth-order valence-corrected chi connectivity index (χ4v) is 4.61. The predicted octanol–water partition coefficient (Wildman–Crippen LogP) is 4.18. The molecule has 1 atom stereocenters. The van der Waals surface area contributed by atoms with Crippen molar-refractivity contribution in [1.82, 2.24) is 15.5 Å². The number of benzene rings is 3. The minimum absolute atomic E-state index is 0.112. The summed E-state index contributed by atoms with van der Waals surface area (Å²) in [6.07, 6.45) is 2.58. The minimum Gasteiger partial charge on any atom is -0.489 e. The highest BCUT2D eigenvalue weighted by molar-refractivity contribution is 5.83. The third kappa shape index (κ3) is 8.88. The highest BCUT2D eigenvalue weighted by atomic mass is 16.5. The first-order chi connectivity index (χ1) is 19.0. The maximum atomic E-state index is 12.6. The number of hydrogen-bond donors (Lipinski definition) is 3. The molecule has 0 aliphatic carbocycles. The Hall–Kier alpha value is -4.33. The summed E-state index contributed by atoms with van der Waals surface area (Å²) in [4.78, 5) is 38.8. The minimum atomic E-state index is -1.10. The van der Waals surface area contributed by atoms with Crippen LogP contribution in [-0.4, -0.2) is 53.1 Å². The van der Waals surface area contributed by atoms with Gasteiger partial charge in [-0.15, -0.1) is 0 Å². The number of carboxylic acids is 1. The topological polar surface area (TPSA) is 108 Å². The lowest BCUT2D eigenvalue weighted by Crippen LogP contribution is -2.52. The van der Waals surface area contributed by atoms with Crippen LogP contribution >= 0.6 is 0 Å². The van der Waals surface area contributed by atoms with Gasteiger partial charge in [-0.1, -0.05) is 72.8 Å². The molecular formula is C31H35N3O5. The number of rotatable bonds is 11. The zero-order chi connectivity index (χ0) is 27.5. The first-order valence-electron chi connectivity index (χ1n) is 13.3. The first-order valence-corrected chi connectivity index (χ1v) is 13.3. The van der Waals surface area contributed by atoms with Crippen LogP contribution in [-0.2, 0) is 29.0 Å². The van der Waals surface area contributed by atoms with Gasteiger partial charge in [0, 0.05) is 32.0 Å². The second kappa shape index (κ2) is 14.0. The molecule has 8 nitrogen and oxygen atoms in total. The van der Waals surface area contributed by atoms with Crippen molar-refractivity contribution >= 4 is 17.9 Å². The highest BCUT2D eigenvalue weighted by Gasteiger charge is 2.26. The van der Waals surface area contributed by atoms with Crippen LogP contribution in [0.15, 0.2) is 84.9 Å². The van der Waals surface area contributed by atoms with Gasteiger partial charge >= 0.3 is 12.0 Å². The molecule has 0 radical (unpaired) electrons. The van der Waals surface area contributed by atoms with Gasteiger partial charge in [0.1, 0.15) is 18.4 Å². The molecule has 1 saturated heterocycles. The molecule has 0 unspecified atom stereocenters. The molecule has 39 heavy (non-hydrogen) atoms. The number of piperidine rings is 1. The normalized spacial score (nSPS) is 14.3. The number of aliphatic carboxylic acids is 1. The average molecular weight is 530 g/mol. The van der Waals surface area contributed by atoms with Crippen molar-refractivity contribution in [1.29, 1.82) is 0 Å². The van der Waals surface area contributed by atoms with Crippen molar-refractivity contribution in [2.75, 3.05) is 13.1 Å². The van der Waals surface area contributed by atoms with E-state index < -0.39 is 18.0 Å². The molecule has 1 aliphatic rings. The molecule has 4 rings (SSSR count). The molecule has 3 N–H and O–H groups in total. The third-order valence-corrected chi connectivity index (χ3v) is 6.87. The van der Waals surface area contributed by atoms with Crippen LogP contribution in [0, 0.1) is 0 Å². The summed E-state index contributed by atoms with van der Waals surface area (Å²) in [5.41, 5.74) is 2.97. The van der Waals surface area contributed by atoms with Crippen molar-refractivity contribution in [3.8, 4) is 5.75 Å². The SMILES string of the molecule is O=C(NC1CCN(C(=O)CCc2ccccc2)CC1)N[C@@H](Cc1ccc(OCc2ccccc2)cc1)C(=O)O. The Bertz CT molecular complexity index is 1210. The van der Waals surface area contributed by atoms with E-state index in [0.717, 1.165) is 16.7 Å². The number of carboxylic acid groups (broad SMARTS) is 1. The summed E-state index contributed by atoms with van der Waals surface area (Å²) in [5.74, 6) is -0.303. The van der Waals surface area contributed by atoms with Crippen molar-refractivity contribution in [3.05, 3.63) is 102 Å². The van der Waals surface area contributed by atoms with E-state index in [1.807, 2.05) is 65.6 Å². The summed E-state index contributed by atoms with van der Waals surface area (Å²) in [5, 5.41) is 15.1. The smallest absolute Gasteiger partial charge is 0.326 e. The van der Waals surface area contributed by atoms with Gasteiger partial charge in [0.05, 0.1) is 0 Å². The Balaban J connectivity index is 1.18. The monoisotopic (exact) mass is 529 g/mol. The van der Waals surface area contributed by atoms with Crippen molar-refractivity contribution in [3.63, 3.8) is 0 Å². The van der Waals surface area contributed by atoms with Crippen molar-refractivity contribution in [2.24, 2.45) is 0 Å². The van der Waals surface area contributed by atoms with Gasteiger partial charge < -0.3 is 25.4 Å². The summed E-state index contributed by atoms with van der Waals surface area (Å²) in [6, 6.07) is 25.3. The molecular weight excluding hydrogens is 494 g/mol. The Morgan fingerprint density at radius 1 is 0.846 bits per heavy atom. The zero-order valence-corrected chi connectivity index (χ0v) is 21.9. The molecule has 0 saturated carbocycles. The van der Waals surface area contributed by atoms with Crippen molar-refractivity contribution in [2.45, 2.75) is 50.8 Å². The number of likely N-dealkylation sites (tertiary alicyclic amines) is 1. The van der Waals surface area contributed by atoms with Crippen LogP contribution < -0.4 is 15.4 Å². The van der Waals surface area contributed by atoms with Crippen LogP contribution in [0.2, 0.25) is 0 Å². The second-order valence-electron chi connectivity index (χ2n) is 9.77. The lowest BCUT2D eigenvalue weighted by Gasteiger charge is -2.32. The number of nitrogens with one attached hydrogen (secondary N) is 2. The van der Waals surface area contributed by atoms with Crippen LogP contribution in [0.4, 0.5) is 4.79 Å². The van der Waals surface area contributed by atoms with Crippen LogP contribution in [0.25, 0.3) is 0 Å². The molecule has 3 aromatic rings. The molecule has 0 aromatic heterocycles. The molecule has 204 valence electrons. The second-order valence-corrected chi connectivity index (χ2v) is 9.77. The van der Waals surface area contributed by atoms with Gasteiger partial charge in [0.15, 0.2) is 0 Å². The van der Waals surface area contributed by atoms with E-state index in [9.17, 15) is 19.5 Å². The van der Waals surface area contributed by atoms with E-state index >= 15 is 0 Å². The number of carbonyl (C=O) groups is 3. The summed E-state index contributed by atoms with van der Waals surface area (Å²) in [7, 11) is 0. The summed E-state index contributed by atoms with van der Waals surface area (Å²) >= 11 is 0. The van der Waals surface area contributed by atoms with E-state index in [0.29, 0.717) is 51.1 Å². The number of amides is 3. The third-order valence-electron chi connectivity index (χ3n) is 6.87. The molecule has 1 heterocycles. The molecule has 0 bridgehead atoms. The molecule has 0 spiro atoms. The van der Waals surface area contributed by atoms with Crippen LogP contribution in [0.1, 0.15) is 36.0 Å². The molecule has 1 aliphatic heterocycles. The standard InChI is InChI=1S/C31H35N3O5/c35-29(16-13-23-7-3-1-4-8-23)34-19-17-26(18-20-34)32-31(38)33-28(30(36)37)21-24-11-14-27(15-12-24)39-22-25-9-5-2-6-10-25/h1-12,14-15,26,28H,13,16-22H2,(H,36,37)(H2,32,33,38)/t28-/m0/s1. The Morgan fingerprint density at radius 2 is 1.46 bits per heavy atom. The molecule has 3 amide bonds. The van der Waals surface area contributed by atoms with E-state index in [1.54, 1.807) is 24.3 Å². The van der Waals surface area contributed by atoms with Crippen LogP contribution in [0.5, 0.6) is 5.75 Å². The number of nitrogens with zero attached hydrogens (tertiary/aromatic N) is 1. The fraction of sp³-hybridized carbons (Fsp3) is 0.323. The van der Waals surface area contributed by atoms with E-state index in [1.165, 1.54) is 0 Å². The fourth-order valence-electron chi connectivity index (χ4n) is 4.61. The number of urea groups is 1. The number of carbonyl (C=O) groups excluding carboxylic acids is 2. The largest absolute Gasteiger partial charge is 0.489 e. The number of hydrogen-bond acceptors (Lipinski definition) is 4. The molecule has 8 heteroatoms. The van der Waals surface area contributed by atoms with Crippen LogP contribution in [0.3, 0.4) is 0 Å². The quantitative estimate of drug-likeness (QED) is 0.345. The highest BCUT2D eigenvalue weighted by Crippen LogP contribution is 2.16. The lowest BCUT2D eigenvalue weighted by atomic mass is 10.0. The summed E-state index contributed by atoms with van der Waals surface area (Å²) < 4.78 is 5.78. The van der Waals surface area contributed by atoms with Gasteiger partial charge in [-0.25, -0.2) is 9.59 Å². The predicted molar refractivity (Wildman–Crippen MR) is 148 cm³/mol. The Kier molecular flexibility index (Phi) is 9.94. The van der Waals surface area contributed by atoms with Gasteiger partial charge in [-0.3, -0.25) is 4.79 Å². The maximum absolute atomic E-state index is 12.6. The van der Waals surface area contributed by atoms with Gasteiger partial charge in [-0.05, 0) is 48.1 Å². The summed E-state index contributed by atoms with van der Waals surface area (Å²) in [6.45, 7) is 1.58. The van der Waals surface area contributed by atoms with Crippen molar-refractivity contribution < 1.29 is 24.2 Å². The number of aryl methyl sites for hydroxylation is 1. The zero-order valence-electron chi connectivity index (χ0n) is 21.9. The number of ether oxygens (including phenoxy) is 1. The van der Waals surface area contributed by atoms with Gasteiger partial charge in [0.25, 0.3) is 0 Å². The maximum Gasteiger partial charge on any atom is 0.326 e.